The van der Waals surface area contributed by atoms with Crippen LogP contribution in [-0.4, -0.2) is 31.2 Å². The molecular weight excluding hydrogens is 156 g/mol. The van der Waals surface area contributed by atoms with E-state index in [2.05, 4.69) is 0 Å². The van der Waals surface area contributed by atoms with E-state index in [0.717, 1.165) is 19.6 Å². The molecule has 1 saturated carbocycles. The first-order valence-electron chi connectivity index (χ1n) is 4.84. The van der Waals surface area contributed by atoms with E-state index in [4.69, 9.17) is 14.2 Å². The van der Waals surface area contributed by atoms with Crippen molar-refractivity contribution >= 4 is 0 Å². The largest absolute Gasteiger partial charge is 0.364 e. The normalized spacial score (nSPS) is 44.0. The fraction of sp³-hybridized carbons (Fsp3) is 1.00. The van der Waals surface area contributed by atoms with Gasteiger partial charge in [-0.3, -0.25) is 0 Å². The van der Waals surface area contributed by atoms with Gasteiger partial charge >= 0.3 is 0 Å². The van der Waals surface area contributed by atoms with Crippen LogP contribution in [0.3, 0.4) is 0 Å². The van der Waals surface area contributed by atoms with Crippen molar-refractivity contribution in [1.82, 2.24) is 0 Å². The number of hydrogen-bond donors (Lipinski definition) is 0. The highest BCUT2D eigenvalue weighted by atomic mass is 16.8. The van der Waals surface area contributed by atoms with Gasteiger partial charge in [-0.05, 0) is 12.8 Å². The van der Waals surface area contributed by atoms with E-state index in [9.17, 15) is 0 Å². The van der Waals surface area contributed by atoms with Gasteiger partial charge in [0.25, 0.3) is 0 Å². The van der Waals surface area contributed by atoms with E-state index in [1.54, 1.807) is 0 Å². The van der Waals surface area contributed by atoms with Gasteiger partial charge in [0.1, 0.15) is 6.10 Å². The first-order valence-corrected chi connectivity index (χ1v) is 4.84. The maximum atomic E-state index is 5.67. The smallest absolute Gasteiger partial charge is 0.197 e. The maximum Gasteiger partial charge on any atom is 0.197 e. The van der Waals surface area contributed by atoms with Crippen LogP contribution in [0.15, 0.2) is 0 Å². The molecule has 1 aliphatic carbocycles. The molecule has 0 radical (unpaired) electrons. The topological polar surface area (TPSA) is 31.0 Å². The zero-order valence-electron chi connectivity index (χ0n) is 7.12. The molecule has 2 unspecified atom stereocenters. The summed E-state index contributed by atoms with van der Waals surface area (Å²) in [7, 11) is 0. The zero-order chi connectivity index (χ0) is 8.02. The van der Waals surface area contributed by atoms with Gasteiger partial charge in [0, 0.05) is 6.42 Å². The van der Waals surface area contributed by atoms with Gasteiger partial charge in [-0.25, -0.2) is 0 Å². The van der Waals surface area contributed by atoms with Gasteiger partial charge in [0.15, 0.2) is 5.79 Å². The molecule has 0 N–H and O–H groups in total. The van der Waals surface area contributed by atoms with Gasteiger partial charge < -0.3 is 14.2 Å². The molecule has 2 atom stereocenters. The van der Waals surface area contributed by atoms with Crippen molar-refractivity contribution in [2.45, 2.75) is 43.7 Å². The summed E-state index contributed by atoms with van der Waals surface area (Å²) >= 11 is 0. The molecular formula is C9H14O3. The molecule has 0 aromatic heterocycles. The lowest BCUT2D eigenvalue weighted by molar-refractivity contribution is -0.176. The molecule has 0 bridgehead atoms. The fourth-order valence-corrected chi connectivity index (χ4v) is 2.39. The standard InChI is InChI=1S/C9H14O3/c1-2-4-9(10-5-6-11-9)8-7(3-1)12-8/h7-8H,1-6H2. The molecule has 3 heteroatoms. The third-order valence-electron chi connectivity index (χ3n) is 3.06. The molecule has 2 saturated heterocycles. The molecule has 2 aliphatic heterocycles. The highest BCUT2D eigenvalue weighted by molar-refractivity contribution is 5.00. The van der Waals surface area contributed by atoms with E-state index < -0.39 is 0 Å². The molecule has 12 heavy (non-hydrogen) atoms. The van der Waals surface area contributed by atoms with Crippen molar-refractivity contribution in [3.63, 3.8) is 0 Å². The van der Waals surface area contributed by atoms with E-state index in [0.29, 0.717) is 6.10 Å². The van der Waals surface area contributed by atoms with Crippen molar-refractivity contribution in [3.05, 3.63) is 0 Å². The van der Waals surface area contributed by atoms with Crippen LogP contribution < -0.4 is 0 Å². The monoisotopic (exact) mass is 170 g/mol. The first-order chi connectivity index (χ1) is 5.91. The number of epoxide rings is 1. The number of fused-ring (bicyclic) bond motifs is 2. The molecule has 0 amide bonds. The van der Waals surface area contributed by atoms with Crippen LogP contribution in [-0.2, 0) is 14.2 Å². The molecule has 2 heterocycles. The summed E-state index contributed by atoms with van der Waals surface area (Å²) in [6.45, 7) is 1.49. The summed E-state index contributed by atoms with van der Waals surface area (Å²) in [4.78, 5) is 0. The lowest BCUT2D eigenvalue weighted by Gasteiger charge is -2.24. The van der Waals surface area contributed by atoms with Gasteiger partial charge in [-0.15, -0.1) is 0 Å². The Kier molecular flexibility index (Phi) is 1.48. The van der Waals surface area contributed by atoms with Crippen molar-refractivity contribution in [2.75, 3.05) is 13.2 Å². The molecule has 3 nitrogen and oxygen atoms in total. The van der Waals surface area contributed by atoms with Crippen molar-refractivity contribution in [2.24, 2.45) is 0 Å². The van der Waals surface area contributed by atoms with E-state index in [1.165, 1.54) is 19.3 Å². The summed E-state index contributed by atoms with van der Waals surface area (Å²) in [5, 5.41) is 0. The highest BCUT2D eigenvalue weighted by Crippen LogP contribution is 2.46. The third-order valence-corrected chi connectivity index (χ3v) is 3.06. The second kappa shape index (κ2) is 2.44. The lowest BCUT2D eigenvalue weighted by atomic mass is 10.1. The van der Waals surface area contributed by atoms with Gasteiger partial charge in [0.05, 0.1) is 19.3 Å². The number of hydrogen-bond acceptors (Lipinski definition) is 3. The number of rotatable bonds is 0. The number of ether oxygens (including phenoxy) is 3. The minimum Gasteiger partial charge on any atom is -0.364 e. The summed E-state index contributed by atoms with van der Waals surface area (Å²) < 4.78 is 16.9. The Bertz CT molecular complexity index is 186. The quantitative estimate of drug-likeness (QED) is 0.509. The maximum absolute atomic E-state index is 5.67. The van der Waals surface area contributed by atoms with Crippen molar-refractivity contribution in [1.29, 1.82) is 0 Å². The molecule has 0 aromatic rings. The van der Waals surface area contributed by atoms with Gasteiger partial charge in [0.2, 0.25) is 0 Å². The summed E-state index contributed by atoms with van der Waals surface area (Å²) in [5.41, 5.74) is 0. The lowest BCUT2D eigenvalue weighted by Crippen LogP contribution is -2.36. The van der Waals surface area contributed by atoms with Crippen molar-refractivity contribution < 1.29 is 14.2 Å². The second-order valence-electron chi connectivity index (χ2n) is 3.85. The fourth-order valence-electron chi connectivity index (χ4n) is 2.39. The van der Waals surface area contributed by atoms with Crippen LogP contribution in [0.4, 0.5) is 0 Å². The van der Waals surface area contributed by atoms with E-state index in [-0.39, 0.29) is 11.9 Å². The molecule has 68 valence electrons. The summed E-state index contributed by atoms with van der Waals surface area (Å²) in [5.74, 6) is -0.332. The van der Waals surface area contributed by atoms with Crippen LogP contribution in [0.5, 0.6) is 0 Å². The van der Waals surface area contributed by atoms with Gasteiger partial charge in [-0.2, -0.15) is 0 Å². The summed E-state index contributed by atoms with van der Waals surface area (Å²) in [6.07, 6.45) is 5.38. The Labute approximate surface area is 72.0 Å². The Morgan fingerprint density at radius 3 is 2.75 bits per heavy atom. The van der Waals surface area contributed by atoms with Gasteiger partial charge in [-0.1, -0.05) is 6.42 Å². The average Bonchev–Trinajstić information content (AvgIpc) is 2.72. The van der Waals surface area contributed by atoms with E-state index >= 15 is 0 Å². The minimum absolute atomic E-state index is 0.252. The van der Waals surface area contributed by atoms with Crippen molar-refractivity contribution in [3.8, 4) is 0 Å². The van der Waals surface area contributed by atoms with Crippen LogP contribution in [0, 0.1) is 0 Å². The molecule has 1 spiro atoms. The zero-order valence-corrected chi connectivity index (χ0v) is 7.12. The predicted molar refractivity (Wildman–Crippen MR) is 41.8 cm³/mol. The Morgan fingerprint density at radius 2 is 1.92 bits per heavy atom. The third kappa shape index (κ3) is 0.934. The molecule has 3 aliphatic rings. The molecule has 0 aromatic carbocycles. The first kappa shape index (κ1) is 7.30. The SMILES string of the molecule is C1CCC2(OCCO2)C2OC2C1. The summed E-state index contributed by atoms with van der Waals surface area (Å²) in [6, 6.07) is 0. The predicted octanol–water partition coefficient (Wildman–Crippen LogP) is 1.07. The van der Waals surface area contributed by atoms with Crippen LogP contribution in [0.2, 0.25) is 0 Å². The average molecular weight is 170 g/mol. The van der Waals surface area contributed by atoms with Crippen LogP contribution in [0.1, 0.15) is 25.7 Å². The molecule has 3 rings (SSSR count). The minimum atomic E-state index is -0.332. The second-order valence-corrected chi connectivity index (χ2v) is 3.85. The van der Waals surface area contributed by atoms with E-state index in [1.807, 2.05) is 0 Å². The Balaban J connectivity index is 1.82. The van der Waals surface area contributed by atoms with Crippen LogP contribution in [0.25, 0.3) is 0 Å². The highest BCUT2D eigenvalue weighted by Gasteiger charge is 2.59. The van der Waals surface area contributed by atoms with Crippen LogP contribution >= 0.6 is 0 Å². The molecule has 3 fully saturated rings. The Morgan fingerprint density at radius 1 is 1.08 bits per heavy atom. The Hall–Kier alpha value is -0.120.